The largest absolute Gasteiger partial charge is 0.455 e. The summed E-state index contributed by atoms with van der Waals surface area (Å²) in [5.74, 6) is -0.202. The molecule has 0 aliphatic heterocycles. The van der Waals surface area contributed by atoms with E-state index in [-0.39, 0.29) is 0 Å². The third-order valence-corrected chi connectivity index (χ3v) is 2.92. The maximum Gasteiger partial charge on any atom is 0.330 e. The smallest absolute Gasteiger partial charge is 0.330 e. The Morgan fingerprint density at radius 2 is 2.17 bits per heavy atom. The van der Waals surface area contributed by atoms with Crippen molar-refractivity contribution in [3.05, 3.63) is 34.0 Å². The molecule has 0 spiro atoms. The minimum Gasteiger partial charge on any atom is -0.455 e. The van der Waals surface area contributed by atoms with Crippen LogP contribution in [0.1, 0.15) is 19.8 Å². The number of hydrogen-bond acceptors (Lipinski definition) is 4. The van der Waals surface area contributed by atoms with Crippen LogP contribution in [-0.2, 0) is 19.1 Å². The van der Waals surface area contributed by atoms with Crippen molar-refractivity contribution in [1.29, 1.82) is 0 Å². The fourth-order valence-corrected chi connectivity index (χ4v) is 2.25. The summed E-state index contributed by atoms with van der Waals surface area (Å²) in [5.41, 5.74) is 0. The Morgan fingerprint density at radius 1 is 1.50 bits per heavy atom. The number of allylic oxidation sites excluding steroid dienone is 1. The lowest BCUT2D eigenvalue weighted by molar-refractivity contribution is -0.141. The minimum absolute atomic E-state index is 0.292. The number of hydrogen-bond donors (Lipinski definition) is 0. The molecule has 0 rings (SSSR count). The summed E-state index contributed by atoms with van der Waals surface area (Å²) < 4.78 is 10.4. The van der Waals surface area contributed by atoms with Crippen molar-refractivity contribution >= 4 is 44.3 Å². The van der Waals surface area contributed by atoms with Crippen LogP contribution in [0.15, 0.2) is 34.0 Å². The van der Waals surface area contributed by atoms with Crippen LogP contribution in [0.3, 0.4) is 0 Å². The molecule has 0 aromatic carbocycles. The maximum absolute atomic E-state index is 11.1. The predicted octanol–water partition coefficient (Wildman–Crippen LogP) is 3.57. The van der Waals surface area contributed by atoms with Crippen molar-refractivity contribution in [1.82, 2.24) is 0 Å². The van der Waals surface area contributed by atoms with Gasteiger partial charge in [-0.05, 0) is 28.4 Å². The molecule has 0 fully saturated rings. The van der Waals surface area contributed by atoms with E-state index < -0.39 is 12.1 Å². The van der Waals surface area contributed by atoms with Gasteiger partial charge in [-0.15, -0.1) is 0 Å². The van der Waals surface area contributed by atoms with Gasteiger partial charge in [-0.25, -0.2) is 4.79 Å². The highest BCUT2D eigenvalue weighted by Gasteiger charge is 2.12. The predicted molar refractivity (Wildman–Crippen MR) is 76.2 cm³/mol. The maximum atomic E-state index is 11.1. The summed E-state index contributed by atoms with van der Waals surface area (Å²) in [6.07, 6.45) is 3.85. The van der Waals surface area contributed by atoms with E-state index in [1.807, 2.05) is 6.92 Å². The lowest BCUT2D eigenvalue weighted by Gasteiger charge is -2.13. The molecular formula is C12H14Br2O4. The van der Waals surface area contributed by atoms with E-state index in [2.05, 4.69) is 38.4 Å². The number of esters is 1. The molecule has 0 saturated carbocycles. The molecule has 18 heavy (non-hydrogen) atoms. The van der Waals surface area contributed by atoms with E-state index >= 15 is 0 Å². The zero-order valence-electron chi connectivity index (χ0n) is 9.90. The van der Waals surface area contributed by atoms with Crippen LogP contribution in [0.4, 0.5) is 0 Å². The highest BCUT2D eigenvalue weighted by atomic mass is 79.9. The zero-order chi connectivity index (χ0) is 14.0. The first-order chi connectivity index (χ1) is 8.58. The van der Waals surface area contributed by atoms with Crippen LogP contribution >= 0.6 is 31.9 Å². The SMILES string of the molecule is C=CC(=O)OC(/C=C(Br)/C(=C/Br)OC=O)CCC. The Bertz CT molecular complexity index is 361. The van der Waals surface area contributed by atoms with Gasteiger partial charge in [0.15, 0.2) is 5.76 Å². The van der Waals surface area contributed by atoms with E-state index in [9.17, 15) is 9.59 Å². The van der Waals surface area contributed by atoms with Crippen LogP contribution in [0.5, 0.6) is 0 Å². The van der Waals surface area contributed by atoms with Gasteiger partial charge in [0.1, 0.15) is 6.10 Å². The van der Waals surface area contributed by atoms with E-state index in [0.717, 1.165) is 12.5 Å². The third kappa shape index (κ3) is 6.76. The van der Waals surface area contributed by atoms with Crippen LogP contribution in [-0.4, -0.2) is 18.5 Å². The molecule has 0 saturated heterocycles. The Kier molecular flexibility index (Phi) is 9.59. The molecule has 1 unspecified atom stereocenters. The topological polar surface area (TPSA) is 52.6 Å². The van der Waals surface area contributed by atoms with Gasteiger partial charge in [0.2, 0.25) is 0 Å². The van der Waals surface area contributed by atoms with Crippen LogP contribution in [0.25, 0.3) is 0 Å². The van der Waals surface area contributed by atoms with E-state index in [1.165, 1.54) is 4.99 Å². The van der Waals surface area contributed by atoms with E-state index in [4.69, 9.17) is 9.47 Å². The van der Waals surface area contributed by atoms with Crippen LogP contribution in [0.2, 0.25) is 0 Å². The van der Waals surface area contributed by atoms with Gasteiger partial charge in [0.05, 0.1) is 4.48 Å². The lowest BCUT2D eigenvalue weighted by Crippen LogP contribution is -2.14. The van der Waals surface area contributed by atoms with Crippen LogP contribution < -0.4 is 0 Å². The Hall–Kier alpha value is -0.880. The molecule has 6 heteroatoms. The average molecular weight is 382 g/mol. The van der Waals surface area contributed by atoms with Crippen molar-refractivity contribution in [3.8, 4) is 0 Å². The molecule has 0 radical (unpaired) electrons. The van der Waals surface area contributed by atoms with Gasteiger partial charge in [-0.1, -0.05) is 35.9 Å². The van der Waals surface area contributed by atoms with Crippen molar-refractivity contribution in [2.45, 2.75) is 25.9 Å². The minimum atomic E-state index is -0.495. The molecular weight excluding hydrogens is 368 g/mol. The molecule has 1 atom stereocenters. The van der Waals surface area contributed by atoms with Crippen molar-refractivity contribution < 1.29 is 19.1 Å². The molecule has 0 N–H and O–H groups in total. The van der Waals surface area contributed by atoms with E-state index in [0.29, 0.717) is 23.1 Å². The number of ether oxygens (including phenoxy) is 2. The first-order valence-corrected chi connectivity index (χ1v) is 6.91. The molecule has 0 bridgehead atoms. The number of carbonyl (C=O) groups excluding carboxylic acids is 2. The second-order valence-corrected chi connectivity index (χ2v) is 4.48. The fourth-order valence-electron chi connectivity index (χ4n) is 1.09. The standard InChI is InChI=1S/C12H14Br2O4/c1-3-5-9(18-12(16)4-2)6-10(14)11(7-13)17-8-15/h4,6-9H,2-3,5H2,1H3/b10-6-,11-7-. The Morgan fingerprint density at radius 3 is 2.61 bits per heavy atom. The fraction of sp³-hybridized carbons (Fsp3) is 0.333. The monoisotopic (exact) mass is 380 g/mol. The van der Waals surface area contributed by atoms with Gasteiger partial charge < -0.3 is 9.47 Å². The zero-order valence-corrected chi connectivity index (χ0v) is 13.1. The van der Waals surface area contributed by atoms with Crippen molar-refractivity contribution in [2.75, 3.05) is 0 Å². The van der Waals surface area contributed by atoms with Gasteiger partial charge in [-0.3, -0.25) is 4.79 Å². The quantitative estimate of drug-likeness (QED) is 0.212. The van der Waals surface area contributed by atoms with Gasteiger partial charge in [0, 0.05) is 11.1 Å². The third-order valence-electron chi connectivity index (χ3n) is 1.85. The summed E-state index contributed by atoms with van der Waals surface area (Å²) >= 11 is 6.32. The number of rotatable bonds is 8. The molecule has 0 amide bonds. The van der Waals surface area contributed by atoms with Gasteiger partial charge >= 0.3 is 5.97 Å². The van der Waals surface area contributed by atoms with E-state index in [1.54, 1.807) is 6.08 Å². The Balaban J connectivity index is 4.85. The molecule has 0 aliphatic carbocycles. The first kappa shape index (κ1) is 17.1. The highest BCUT2D eigenvalue weighted by Crippen LogP contribution is 2.22. The number of carbonyl (C=O) groups is 2. The summed E-state index contributed by atoms with van der Waals surface area (Å²) in [6.45, 7) is 5.62. The summed E-state index contributed by atoms with van der Waals surface area (Å²) in [4.78, 5) is 22.9. The molecule has 4 nitrogen and oxygen atoms in total. The first-order valence-electron chi connectivity index (χ1n) is 5.20. The van der Waals surface area contributed by atoms with Crippen LogP contribution in [0, 0.1) is 0 Å². The second kappa shape index (κ2) is 10.1. The molecule has 0 aliphatic rings. The Labute approximate surface area is 123 Å². The second-order valence-electron chi connectivity index (χ2n) is 3.17. The normalized spacial score (nSPS) is 13.7. The number of halogens is 2. The summed E-state index contributed by atoms with van der Waals surface area (Å²) in [7, 11) is 0. The van der Waals surface area contributed by atoms with Gasteiger partial charge in [0.25, 0.3) is 6.47 Å². The van der Waals surface area contributed by atoms with Gasteiger partial charge in [-0.2, -0.15) is 0 Å². The molecule has 0 aromatic heterocycles. The lowest BCUT2D eigenvalue weighted by atomic mass is 10.2. The van der Waals surface area contributed by atoms with Crippen molar-refractivity contribution in [2.24, 2.45) is 0 Å². The summed E-state index contributed by atoms with van der Waals surface area (Å²) in [5, 5.41) is 0. The average Bonchev–Trinajstić information content (AvgIpc) is 2.35. The molecule has 0 aromatic rings. The molecule has 0 heterocycles. The highest BCUT2D eigenvalue weighted by molar-refractivity contribution is 9.12. The summed E-state index contributed by atoms with van der Waals surface area (Å²) in [6, 6.07) is 0. The van der Waals surface area contributed by atoms with Crippen molar-refractivity contribution in [3.63, 3.8) is 0 Å². The molecule has 100 valence electrons.